The van der Waals surface area contributed by atoms with Crippen LogP contribution < -0.4 is 10.1 Å². The molecule has 1 N–H and O–H groups in total. The smallest absolute Gasteiger partial charge is 0.212 e. The largest absolute Gasteiger partial charge is 0.473 e. The first-order valence-corrected chi connectivity index (χ1v) is 8.34. The Balaban J connectivity index is 2.08. The quantitative estimate of drug-likeness (QED) is 0.821. The fourth-order valence-corrected chi connectivity index (χ4v) is 2.43. The van der Waals surface area contributed by atoms with E-state index in [-0.39, 0.29) is 5.41 Å². The molecule has 4 nitrogen and oxygen atoms in total. The van der Waals surface area contributed by atoms with Crippen molar-refractivity contribution in [2.75, 3.05) is 7.05 Å². The van der Waals surface area contributed by atoms with E-state index in [2.05, 4.69) is 31.2 Å². The number of benzene rings is 1. The molecule has 0 unspecified atom stereocenters. The van der Waals surface area contributed by atoms with Crippen molar-refractivity contribution in [3.05, 3.63) is 46.6 Å². The van der Waals surface area contributed by atoms with Gasteiger partial charge in [0.25, 0.3) is 0 Å². The van der Waals surface area contributed by atoms with Crippen LogP contribution >= 0.6 is 11.6 Å². The van der Waals surface area contributed by atoms with E-state index in [0.717, 1.165) is 41.7 Å². The van der Waals surface area contributed by atoms with Crippen LogP contribution in [0.25, 0.3) is 0 Å². The molecule has 126 valence electrons. The lowest BCUT2D eigenvalue weighted by molar-refractivity contribution is 0.258. The fraction of sp³-hybridized carbons (Fsp3) is 0.500. The van der Waals surface area contributed by atoms with Gasteiger partial charge in [-0.1, -0.05) is 44.5 Å². The van der Waals surface area contributed by atoms with Gasteiger partial charge in [-0.15, -0.1) is 0 Å². The molecular weight excluding hydrogens is 310 g/mol. The van der Waals surface area contributed by atoms with Gasteiger partial charge in [0.1, 0.15) is 6.61 Å². The predicted molar refractivity (Wildman–Crippen MR) is 94.8 cm³/mol. The molecule has 0 radical (unpaired) electrons. The van der Waals surface area contributed by atoms with Gasteiger partial charge in [-0.05, 0) is 36.6 Å². The van der Waals surface area contributed by atoms with E-state index in [1.807, 2.05) is 42.1 Å². The maximum atomic E-state index is 6.02. The highest BCUT2D eigenvalue weighted by molar-refractivity contribution is 6.30. The summed E-state index contributed by atoms with van der Waals surface area (Å²) in [6.45, 7) is 8.77. The van der Waals surface area contributed by atoms with Crippen LogP contribution in [-0.4, -0.2) is 16.8 Å². The average molecular weight is 336 g/mol. The number of nitrogens with one attached hydrogen (secondary N) is 1. The maximum absolute atomic E-state index is 6.02. The molecule has 5 heteroatoms. The van der Waals surface area contributed by atoms with Crippen LogP contribution in [0.1, 0.15) is 38.4 Å². The lowest BCUT2D eigenvalue weighted by atomic mass is 9.92. The van der Waals surface area contributed by atoms with Gasteiger partial charge in [-0.3, -0.25) is 0 Å². The molecular formula is C18H26ClN3O. The summed E-state index contributed by atoms with van der Waals surface area (Å²) < 4.78 is 7.95. The van der Waals surface area contributed by atoms with Gasteiger partial charge in [0, 0.05) is 24.2 Å². The molecule has 2 aromatic rings. The Kier molecular flexibility index (Phi) is 6.08. The molecule has 1 aromatic carbocycles. The van der Waals surface area contributed by atoms with Crippen molar-refractivity contribution in [1.29, 1.82) is 0 Å². The van der Waals surface area contributed by atoms with E-state index in [0.29, 0.717) is 6.61 Å². The minimum Gasteiger partial charge on any atom is -0.473 e. The zero-order valence-corrected chi connectivity index (χ0v) is 15.2. The van der Waals surface area contributed by atoms with Crippen molar-refractivity contribution in [3.63, 3.8) is 0 Å². The Morgan fingerprint density at radius 2 is 2.04 bits per heavy atom. The van der Waals surface area contributed by atoms with Gasteiger partial charge in [-0.2, -0.15) is 5.10 Å². The summed E-state index contributed by atoms with van der Waals surface area (Å²) in [5.41, 5.74) is 2.30. The van der Waals surface area contributed by atoms with E-state index >= 15 is 0 Å². The highest BCUT2D eigenvalue weighted by atomic mass is 35.5. The molecule has 0 aliphatic carbocycles. The van der Waals surface area contributed by atoms with Crippen molar-refractivity contribution in [2.24, 2.45) is 5.41 Å². The molecule has 0 fully saturated rings. The van der Waals surface area contributed by atoms with Crippen LogP contribution in [0.3, 0.4) is 0 Å². The number of ether oxygens (including phenoxy) is 1. The average Bonchev–Trinajstić information content (AvgIpc) is 2.85. The van der Waals surface area contributed by atoms with Gasteiger partial charge in [0.2, 0.25) is 5.88 Å². The van der Waals surface area contributed by atoms with E-state index in [1.165, 1.54) is 0 Å². The molecule has 1 heterocycles. The normalized spacial score (nSPS) is 11.7. The van der Waals surface area contributed by atoms with Crippen molar-refractivity contribution >= 4 is 11.6 Å². The maximum Gasteiger partial charge on any atom is 0.212 e. The van der Waals surface area contributed by atoms with Crippen LogP contribution in [0.5, 0.6) is 5.88 Å². The van der Waals surface area contributed by atoms with Crippen LogP contribution in [0.2, 0.25) is 5.02 Å². The molecule has 0 amide bonds. The molecule has 1 aromatic heterocycles. The van der Waals surface area contributed by atoms with Crippen LogP contribution in [0.15, 0.2) is 30.3 Å². The molecule has 0 saturated heterocycles. The lowest BCUT2D eigenvalue weighted by Crippen LogP contribution is -2.13. The van der Waals surface area contributed by atoms with Crippen LogP contribution in [0.4, 0.5) is 0 Å². The second kappa shape index (κ2) is 7.84. The van der Waals surface area contributed by atoms with Gasteiger partial charge < -0.3 is 10.1 Å². The summed E-state index contributed by atoms with van der Waals surface area (Å²) in [4.78, 5) is 0. The lowest BCUT2D eigenvalue weighted by Gasteiger charge is -2.18. The summed E-state index contributed by atoms with van der Waals surface area (Å²) in [7, 11) is 1.92. The number of hydrogen-bond donors (Lipinski definition) is 1. The fourth-order valence-electron chi connectivity index (χ4n) is 2.22. The van der Waals surface area contributed by atoms with Crippen molar-refractivity contribution in [2.45, 2.75) is 46.9 Å². The third-order valence-corrected chi connectivity index (χ3v) is 3.74. The van der Waals surface area contributed by atoms with E-state index in [9.17, 15) is 0 Å². The molecule has 2 rings (SSSR count). The second-order valence-electron chi connectivity index (χ2n) is 6.96. The van der Waals surface area contributed by atoms with Gasteiger partial charge in [0.05, 0.1) is 5.69 Å². The third kappa shape index (κ3) is 5.88. The third-order valence-electron chi connectivity index (χ3n) is 3.50. The van der Waals surface area contributed by atoms with Gasteiger partial charge >= 0.3 is 0 Å². The van der Waals surface area contributed by atoms with Crippen LogP contribution in [0, 0.1) is 5.41 Å². The topological polar surface area (TPSA) is 39.1 Å². The predicted octanol–water partition coefficient (Wildman–Crippen LogP) is 4.27. The minimum absolute atomic E-state index is 0.263. The highest BCUT2D eigenvalue weighted by Crippen LogP contribution is 2.23. The molecule has 0 saturated carbocycles. The zero-order chi connectivity index (χ0) is 16.9. The number of halogens is 1. The van der Waals surface area contributed by atoms with Crippen molar-refractivity contribution in [3.8, 4) is 5.88 Å². The summed E-state index contributed by atoms with van der Waals surface area (Å²) in [6, 6.07) is 9.74. The zero-order valence-electron chi connectivity index (χ0n) is 14.4. The summed E-state index contributed by atoms with van der Waals surface area (Å²) >= 11 is 6.02. The Morgan fingerprint density at radius 3 is 2.70 bits per heavy atom. The van der Waals surface area contributed by atoms with Crippen molar-refractivity contribution < 1.29 is 4.74 Å². The number of hydrogen-bond acceptors (Lipinski definition) is 3. The first kappa shape index (κ1) is 17.8. The Bertz CT molecular complexity index is 631. The molecule has 0 aliphatic rings. The molecule has 0 bridgehead atoms. The first-order valence-electron chi connectivity index (χ1n) is 7.96. The minimum atomic E-state index is 0.263. The monoisotopic (exact) mass is 335 g/mol. The SMILES string of the molecule is CNCc1cc(OCc2cccc(Cl)c2)n(CCC(C)(C)C)n1. The summed E-state index contributed by atoms with van der Waals surface area (Å²) in [6.07, 6.45) is 1.04. The number of nitrogens with zero attached hydrogens (tertiary/aromatic N) is 2. The van der Waals surface area contributed by atoms with E-state index in [4.69, 9.17) is 16.3 Å². The van der Waals surface area contributed by atoms with Crippen LogP contribution in [-0.2, 0) is 19.7 Å². The Morgan fingerprint density at radius 1 is 1.26 bits per heavy atom. The van der Waals surface area contributed by atoms with E-state index < -0.39 is 0 Å². The molecule has 0 atom stereocenters. The molecule has 0 aliphatic heterocycles. The highest BCUT2D eigenvalue weighted by Gasteiger charge is 2.14. The van der Waals surface area contributed by atoms with Crippen molar-refractivity contribution in [1.82, 2.24) is 15.1 Å². The number of aromatic nitrogens is 2. The van der Waals surface area contributed by atoms with Gasteiger partial charge in [0.15, 0.2) is 0 Å². The standard InChI is InChI=1S/C18H26ClN3O/c1-18(2,3)8-9-22-17(11-16(21-22)12-20-4)23-13-14-6-5-7-15(19)10-14/h5-7,10-11,20H,8-9,12-13H2,1-4H3. The first-order chi connectivity index (χ1) is 10.9. The van der Waals surface area contributed by atoms with Gasteiger partial charge in [-0.25, -0.2) is 4.68 Å². The Hall–Kier alpha value is -1.52. The second-order valence-corrected chi connectivity index (χ2v) is 7.39. The molecule has 0 spiro atoms. The number of rotatable bonds is 7. The van der Waals surface area contributed by atoms with E-state index in [1.54, 1.807) is 0 Å². The number of aryl methyl sites for hydroxylation is 1. The summed E-state index contributed by atoms with van der Waals surface area (Å²) in [5, 5.41) is 8.49. The molecule has 23 heavy (non-hydrogen) atoms. The Labute approximate surface area is 143 Å². The summed E-state index contributed by atoms with van der Waals surface area (Å²) in [5.74, 6) is 0.805.